The minimum atomic E-state index is 0.665. The lowest BCUT2D eigenvalue weighted by atomic mass is 9.93. The second-order valence-electron chi connectivity index (χ2n) is 5.48. The highest BCUT2D eigenvalue weighted by Gasteiger charge is 2.35. The topological polar surface area (TPSA) is 12.0 Å². The second-order valence-corrected chi connectivity index (χ2v) is 5.48. The Labute approximate surface area is 88.0 Å². The molecule has 0 heterocycles. The first-order valence-corrected chi connectivity index (χ1v) is 6.08. The summed E-state index contributed by atoms with van der Waals surface area (Å²) in [6.45, 7) is 8.11. The molecule has 2 aliphatic carbocycles. The van der Waals surface area contributed by atoms with Crippen LogP contribution in [0.15, 0.2) is 12.2 Å². The minimum absolute atomic E-state index is 0.665. The minimum Gasteiger partial charge on any atom is -0.314 e. The lowest BCUT2D eigenvalue weighted by molar-refractivity contribution is 0.352. The monoisotopic (exact) mass is 193 g/mol. The van der Waals surface area contributed by atoms with Gasteiger partial charge in [-0.3, -0.25) is 0 Å². The van der Waals surface area contributed by atoms with E-state index >= 15 is 0 Å². The summed E-state index contributed by atoms with van der Waals surface area (Å²) in [5.74, 6) is 3.49. The third kappa shape index (κ3) is 2.03. The van der Waals surface area contributed by atoms with Crippen LogP contribution in [0.1, 0.15) is 33.6 Å². The fraction of sp³-hybridized carbons (Fsp3) is 0.846. The van der Waals surface area contributed by atoms with Gasteiger partial charge in [0.05, 0.1) is 0 Å². The van der Waals surface area contributed by atoms with Crippen molar-refractivity contribution in [2.45, 2.75) is 39.7 Å². The number of hydrogen-bond donors (Lipinski definition) is 1. The van der Waals surface area contributed by atoms with E-state index in [1.807, 2.05) is 0 Å². The Hall–Kier alpha value is -0.300. The Morgan fingerprint density at radius 2 is 2.00 bits per heavy atom. The number of fused-ring (bicyclic) bond motifs is 2. The summed E-state index contributed by atoms with van der Waals surface area (Å²) in [5.41, 5.74) is 0. The normalized spacial score (nSPS) is 37.0. The van der Waals surface area contributed by atoms with Gasteiger partial charge in [0.25, 0.3) is 0 Å². The van der Waals surface area contributed by atoms with Gasteiger partial charge < -0.3 is 5.32 Å². The van der Waals surface area contributed by atoms with Crippen molar-refractivity contribution in [1.29, 1.82) is 0 Å². The van der Waals surface area contributed by atoms with Crippen LogP contribution < -0.4 is 5.32 Å². The third-order valence-corrected chi connectivity index (χ3v) is 4.12. The number of hydrogen-bond acceptors (Lipinski definition) is 1. The molecule has 4 unspecified atom stereocenters. The fourth-order valence-electron chi connectivity index (χ4n) is 2.70. The molecule has 14 heavy (non-hydrogen) atoms. The van der Waals surface area contributed by atoms with Crippen molar-refractivity contribution in [3.63, 3.8) is 0 Å². The Kier molecular flexibility index (Phi) is 2.96. The zero-order valence-electron chi connectivity index (χ0n) is 9.66. The van der Waals surface area contributed by atoms with Gasteiger partial charge in [0.2, 0.25) is 0 Å². The van der Waals surface area contributed by atoms with Crippen LogP contribution in [0, 0.1) is 23.7 Å². The molecule has 4 atom stereocenters. The van der Waals surface area contributed by atoms with Crippen molar-refractivity contribution in [2.75, 3.05) is 6.54 Å². The summed E-state index contributed by atoms with van der Waals surface area (Å²) in [5, 5.41) is 3.67. The summed E-state index contributed by atoms with van der Waals surface area (Å²) >= 11 is 0. The Morgan fingerprint density at radius 3 is 2.50 bits per heavy atom. The highest BCUT2D eigenvalue weighted by atomic mass is 14.9. The molecule has 0 aliphatic heterocycles. The van der Waals surface area contributed by atoms with Gasteiger partial charge in [-0.25, -0.2) is 0 Å². The molecule has 1 N–H and O–H groups in total. The van der Waals surface area contributed by atoms with E-state index in [-0.39, 0.29) is 0 Å². The molecule has 0 aromatic carbocycles. The molecule has 1 heteroatoms. The first-order chi connectivity index (χ1) is 6.66. The standard InChI is InChI=1S/C13H23N/c1-9(2)10(3)14-8-13-7-11-4-5-12(13)6-11/h4-5,9-14H,6-8H2,1-3H3. The van der Waals surface area contributed by atoms with Crippen LogP contribution in [0.2, 0.25) is 0 Å². The highest BCUT2D eigenvalue weighted by molar-refractivity contribution is 5.10. The Balaban J connectivity index is 1.74. The van der Waals surface area contributed by atoms with Crippen LogP contribution in [0.3, 0.4) is 0 Å². The third-order valence-electron chi connectivity index (χ3n) is 4.12. The smallest absolute Gasteiger partial charge is 0.00618 e. The lowest BCUT2D eigenvalue weighted by Crippen LogP contribution is -2.35. The van der Waals surface area contributed by atoms with Crippen LogP contribution in [-0.2, 0) is 0 Å². The first-order valence-electron chi connectivity index (χ1n) is 6.08. The Bertz CT molecular complexity index is 219. The van der Waals surface area contributed by atoms with Crippen LogP contribution in [-0.4, -0.2) is 12.6 Å². The maximum absolute atomic E-state index is 3.67. The van der Waals surface area contributed by atoms with Gasteiger partial charge in [-0.2, -0.15) is 0 Å². The van der Waals surface area contributed by atoms with Crippen molar-refractivity contribution in [3.8, 4) is 0 Å². The van der Waals surface area contributed by atoms with E-state index in [0.29, 0.717) is 6.04 Å². The second kappa shape index (κ2) is 4.06. The van der Waals surface area contributed by atoms with Gasteiger partial charge in [0, 0.05) is 6.04 Å². The van der Waals surface area contributed by atoms with E-state index in [4.69, 9.17) is 0 Å². The predicted molar refractivity (Wildman–Crippen MR) is 61.1 cm³/mol. The summed E-state index contributed by atoms with van der Waals surface area (Å²) in [6.07, 6.45) is 7.73. The van der Waals surface area contributed by atoms with E-state index in [2.05, 4.69) is 38.2 Å². The van der Waals surface area contributed by atoms with Gasteiger partial charge in [-0.1, -0.05) is 26.0 Å². The van der Waals surface area contributed by atoms with Gasteiger partial charge in [-0.15, -0.1) is 0 Å². The SMILES string of the molecule is CC(C)C(C)NCC1CC2C=CC1C2. The van der Waals surface area contributed by atoms with Crippen LogP contribution >= 0.6 is 0 Å². The molecule has 1 nitrogen and oxygen atoms in total. The predicted octanol–water partition coefficient (Wildman–Crippen LogP) is 2.83. The van der Waals surface area contributed by atoms with Crippen molar-refractivity contribution in [3.05, 3.63) is 12.2 Å². The largest absolute Gasteiger partial charge is 0.314 e. The van der Waals surface area contributed by atoms with Crippen molar-refractivity contribution >= 4 is 0 Å². The van der Waals surface area contributed by atoms with Crippen LogP contribution in [0.4, 0.5) is 0 Å². The molecule has 0 spiro atoms. The maximum Gasteiger partial charge on any atom is 0.00618 e. The fourth-order valence-corrected chi connectivity index (χ4v) is 2.70. The average molecular weight is 193 g/mol. The molecule has 80 valence electrons. The molecule has 1 fully saturated rings. The molecule has 2 aliphatic rings. The summed E-state index contributed by atoms with van der Waals surface area (Å²) < 4.78 is 0. The van der Waals surface area contributed by atoms with Crippen LogP contribution in [0.5, 0.6) is 0 Å². The highest BCUT2D eigenvalue weighted by Crippen LogP contribution is 2.42. The number of allylic oxidation sites excluding steroid dienone is 2. The van der Waals surface area contributed by atoms with E-state index in [1.165, 1.54) is 19.4 Å². The average Bonchev–Trinajstić information content (AvgIpc) is 2.74. The van der Waals surface area contributed by atoms with Crippen LogP contribution in [0.25, 0.3) is 0 Å². The summed E-state index contributed by atoms with van der Waals surface area (Å²) in [6, 6.07) is 0.665. The number of rotatable bonds is 4. The first kappa shape index (κ1) is 10.2. The quantitative estimate of drug-likeness (QED) is 0.677. The van der Waals surface area contributed by atoms with Gasteiger partial charge in [-0.05, 0) is 50.0 Å². The van der Waals surface area contributed by atoms with Gasteiger partial charge in [0.15, 0.2) is 0 Å². The lowest BCUT2D eigenvalue weighted by Gasteiger charge is -2.23. The van der Waals surface area contributed by atoms with Crippen molar-refractivity contribution < 1.29 is 0 Å². The molecular weight excluding hydrogens is 170 g/mol. The molecule has 0 aromatic rings. The molecule has 0 amide bonds. The van der Waals surface area contributed by atoms with E-state index in [0.717, 1.165) is 23.7 Å². The van der Waals surface area contributed by atoms with E-state index < -0.39 is 0 Å². The zero-order chi connectivity index (χ0) is 10.1. The molecular formula is C13H23N. The van der Waals surface area contributed by atoms with Crippen molar-refractivity contribution in [1.82, 2.24) is 5.32 Å². The zero-order valence-corrected chi connectivity index (χ0v) is 9.66. The maximum atomic E-state index is 3.67. The van der Waals surface area contributed by atoms with E-state index in [9.17, 15) is 0 Å². The number of nitrogens with one attached hydrogen (secondary N) is 1. The van der Waals surface area contributed by atoms with Gasteiger partial charge >= 0.3 is 0 Å². The van der Waals surface area contributed by atoms with Crippen molar-refractivity contribution in [2.24, 2.45) is 23.7 Å². The summed E-state index contributed by atoms with van der Waals surface area (Å²) in [4.78, 5) is 0. The molecule has 0 aromatic heterocycles. The molecule has 2 bridgehead atoms. The molecule has 0 radical (unpaired) electrons. The van der Waals surface area contributed by atoms with E-state index in [1.54, 1.807) is 0 Å². The Morgan fingerprint density at radius 1 is 1.21 bits per heavy atom. The van der Waals surface area contributed by atoms with Gasteiger partial charge in [0.1, 0.15) is 0 Å². The summed E-state index contributed by atoms with van der Waals surface area (Å²) in [7, 11) is 0. The molecule has 1 saturated carbocycles. The molecule has 2 rings (SSSR count). The molecule has 0 saturated heterocycles.